The van der Waals surface area contributed by atoms with Crippen molar-refractivity contribution in [3.63, 3.8) is 0 Å². The zero-order valence-electron chi connectivity index (χ0n) is 9.15. The number of hydrogen-bond acceptors (Lipinski definition) is 3. The van der Waals surface area contributed by atoms with E-state index in [-0.39, 0.29) is 12.8 Å². The van der Waals surface area contributed by atoms with Crippen LogP contribution >= 0.6 is 0 Å². The SMILES string of the molecule is N#Cc1ccc(CC(C#N)(C#N)CCF)cc1. The summed E-state index contributed by atoms with van der Waals surface area (Å²) in [5.41, 5.74) is -0.0533. The predicted molar refractivity (Wildman–Crippen MR) is 59.1 cm³/mol. The van der Waals surface area contributed by atoms with Gasteiger partial charge in [0, 0.05) is 12.8 Å². The number of nitrogens with zero attached hydrogens (tertiary/aromatic N) is 3. The van der Waals surface area contributed by atoms with Crippen LogP contribution in [0.15, 0.2) is 24.3 Å². The van der Waals surface area contributed by atoms with E-state index < -0.39 is 12.1 Å². The van der Waals surface area contributed by atoms with Gasteiger partial charge in [0.05, 0.1) is 30.4 Å². The van der Waals surface area contributed by atoms with E-state index in [1.54, 1.807) is 24.3 Å². The number of alkyl halides is 1. The molecule has 1 rings (SSSR count). The lowest BCUT2D eigenvalue weighted by molar-refractivity contribution is 0.374. The molecule has 4 heteroatoms. The smallest absolute Gasteiger partial charge is 0.150 e. The van der Waals surface area contributed by atoms with Crippen LogP contribution in [0.25, 0.3) is 0 Å². The Balaban J connectivity index is 2.92. The van der Waals surface area contributed by atoms with Crippen molar-refractivity contribution in [2.45, 2.75) is 12.8 Å². The normalized spacial score (nSPS) is 10.0. The summed E-state index contributed by atoms with van der Waals surface area (Å²) < 4.78 is 12.3. The third kappa shape index (κ3) is 3.03. The van der Waals surface area contributed by atoms with Crippen LogP contribution < -0.4 is 0 Å². The molecule has 0 saturated heterocycles. The Morgan fingerprint density at radius 1 is 1.06 bits per heavy atom. The second-order valence-corrected chi connectivity index (χ2v) is 3.73. The summed E-state index contributed by atoms with van der Waals surface area (Å²) >= 11 is 0. The van der Waals surface area contributed by atoms with Gasteiger partial charge in [-0.25, -0.2) is 0 Å². The van der Waals surface area contributed by atoms with Gasteiger partial charge in [-0.1, -0.05) is 12.1 Å². The number of nitriles is 3. The molecule has 1 aromatic carbocycles. The highest BCUT2D eigenvalue weighted by Gasteiger charge is 2.30. The Labute approximate surface area is 99.3 Å². The molecule has 17 heavy (non-hydrogen) atoms. The quantitative estimate of drug-likeness (QED) is 0.793. The maximum absolute atomic E-state index is 12.3. The molecule has 0 aromatic heterocycles. The van der Waals surface area contributed by atoms with Crippen LogP contribution in [-0.2, 0) is 6.42 Å². The fourth-order valence-corrected chi connectivity index (χ4v) is 1.51. The van der Waals surface area contributed by atoms with Crippen molar-refractivity contribution >= 4 is 0 Å². The zero-order chi connectivity index (χ0) is 12.7. The van der Waals surface area contributed by atoms with Crippen molar-refractivity contribution in [1.29, 1.82) is 15.8 Å². The third-order valence-electron chi connectivity index (χ3n) is 2.54. The van der Waals surface area contributed by atoms with Gasteiger partial charge in [-0.05, 0) is 17.7 Å². The van der Waals surface area contributed by atoms with Gasteiger partial charge in [0.25, 0.3) is 0 Å². The minimum absolute atomic E-state index is 0.0972. The largest absolute Gasteiger partial charge is 0.251 e. The summed E-state index contributed by atoms with van der Waals surface area (Å²) in [5.74, 6) is 0. The topological polar surface area (TPSA) is 71.4 Å². The van der Waals surface area contributed by atoms with Crippen molar-refractivity contribution < 1.29 is 4.39 Å². The van der Waals surface area contributed by atoms with E-state index in [9.17, 15) is 4.39 Å². The highest BCUT2D eigenvalue weighted by molar-refractivity contribution is 5.33. The first-order valence-corrected chi connectivity index (χ1v) is 5.07. The lowest BCUT2D eigenvalue weighted by atomic mass is 9.82. The molecule has 0 saturated carbocycles. The molecule has 0 aliphatic heterocycles. The molecular weight excluding hydrogens is 217 g/mol. The predicted octanol–water partition coefficient (Wildman–Crippen LogP) is 2.49. The van der Waals surface area contributed by atoms with Crippen molar-refractivity contribution in [1.82, 2.24) is 0 Å². The van der Waals surface area contributed by atoms with Crippen LogP contribution in [0, 0.1) is 39.4 Å². The Bertz CT molecular complexity index is 485. The molecule has 0 radical (unpaired) electrons. The Morgan fingerprint density at radius 3 is 2.06 bits per heavy atom. The molecule has 0 bridgehead atoms. The summed E-state index contributed by atoms with van der Waals surface area (Å²) in [4.78, 5) is 0. The molecule has 3 nitrogen and oxygen atoms in total. The van der Waals surface area contributed by atoms with Crippen LogP contribution in [0.2, 0.25) is 0 Å². The highest BCUT2D eigenvalue weighted by Crippen LogP contribution is 2.26. The maximum atomic E-state index is 12.3. The van der Waals surface area contributed by atoms with E-state index in [0.717, 1.165) is 5.56 Å². The summed E-state index contributed by atoms with van der Waals surface area (Å²) in [6, 6.07) is 12.3. The van der Waals surface area contributed by atoms with Crippen molar-refractivity contribution in [2.75, 3.05) is 6.67 Å². The van der Waals surface area contributed by atoms with Crippen molar-refractivity contribution in [3.8, 4) is 18.2 Å². The Kier molecular flexibility index (Phi) is 4.21. The summed E-state index contributed by atoms with van der Waals surface area (Å²) in [5, 5.41) is 26.6. The van der Waals surface area contributed by atoms with Crippen LogP contribution in [0.3, 0.4) is 0 Å². The second kappa shape index (κ2) is 5.64. The number of hydrogen-bond donors (Lipinski definition) is 0. The molecule has 0 aliphatic rings. The summed E-state index contributed by atoms with van der Waals surface area (Å²) in [7, 11) is 0. The average Bonchev–Trinajstić information content (AvgIpc) is 2.39. The highest BCUT2D eigenvalue weighted by atomic mass is 19.1. The lowest BCUT2D eigenvalue weighted by Crippen LogP contribution is -2.20. The lowest BCUT2D eigenvalue weighted by Gasteiger charge is -2.16. The van der Waals surface area contributed by atoms with E-state index in [4.69, 9.17) is 15.8 Å². The molecule has 0 N–H and O–H groups in total. The van der Waals surface area contributed by atoms with Gasteiger partial charge in [0.15, 0.2) is 0 Å². The Hall–Kier alpha value is -2.38. The monoisotopic (exact) mass is 227 g/mol. The Morgan fingerprint density at radius 2 is 1.65 bits per heavy atom. The average molecular weight is 227 g/mol. The van der Waals surface area contributed by atoms with Crippen molar-refractivity contribution in [2.24, 2.45) is 5.41 Å². The van der Waals surface area contributed by atoms with E-state index in [0.29, 0.717) is 5.56 Å². The molecule has 1 aromatic rings. The maximum Gasteiger partial charge on any atom is 0.150 e. The van der Waals surface area contributed by atoms with Gasteiger partial charge in [0.2, 0.25) is 0 Å². The standard InChI is InChI=1S/C13H10FN3/c14-6-5-13(9-16,10-17)7-11-1-3-12(8-15)4-2-11/h1-4H,5-7H2. The van der Waals surface area contributed by atoms with E-state index >= 15 is 0 Å². The van der Waals surface area contributed by atoms with Gasteiger partial charge in [0.1, 0.15) is 5.41 Å². The first-order chi connectivity index (χ1) is 8.19. The minimum atomic E-state index is -1.32. The van der Waals surface area contributed by atoms with Crippen molar-refractivity contribution in [3.05, 3.63) is 35.4 Å². The minimum Gasteiger partial charge on any atom is -0.251 e. The van der Waals surface area contributed by atoms with Crippen LogP contribution in [0.4, 0.5) is 4.39 Å². The van der Waals surface area contributed by atoms with Gasteiger partial charge < -0.3 is 0 Å². The van der Waals surface area contributed by atoms with E-state index in [1.807, 2.05) is 18.2 Å². The van der Waals surface area contributed by atoms with Crippen LogP contribution in [-0.4, -0.2) is 6.67 Å². The zero-order valence-corrected chi connectivity index (χ0v) is 9.15. The fraction of sp³-hybridized carbons (Fsp3) is 0.308. The fourth-order valence-electron chi connectivity index (χ4n) is 1.51. The molecule has 84 valence electrons. The molecular formula is C13H10FN3. The first kappa shape index (κ1) is 12.7. The van der Waals surface area contributed by atoms with E-state index in [1.165, 1.54) is 0 Å². The van der Waals surface area contributed by atoms with Gasteiger partial charge in [-0.15, -0.1) is 0 Å². The summed E-state index contributed by atoms with van der Waals surface area (Å²) in [6.07, 6.45) is 0.0790. The molecule has 0 unspecified atom stereocenters. The number of halogens is 1. The van der Waals surface area contributed by atoms with Crippen LogP contribution in [0.1, 0.15) is 17.5 Å². The van der Waals surface area contributed by atoms with Gasteiger partial charge >= 0.3 is 0 Å². The second-order valence-electron chi connectivity index (χ2n) is 3.73. The molecule has 0 aliphatic carbocycles. The van der Waals surface area contributed by atoms with Crippen LogP contribution in [0.5, 0.6) is 0 Å². The molecule has 0 amide bonds. The third-order valence-corrected chi connectivity index (χ3v) is 2.54. The van der Waals surface area contributed by atoms with Gasteiger partial charge in [-0.2, -0.15) is 15.8 Å². The van der Waals surface area contributed by atoms with Gasteiger partial charge in [-0.3, -0.25) is 4.39 Å². The number of benzene rings is 1. The summed E-state index contributed by atoms with van der Waals surface area (Å²) in [6.45, 7) is -0.697. The molecule has 0 spiro atoms. The van der Waals surface area contributed by atoms with E-state index in [2.05, 4.69) is 0 Å². The molecule has 0 heterocycles. The first-order valence-electron chi connectivity index (χ1n) is 5.07. The molecule has 0 atom stereocenters. The molecule has 0 fully saturated rings. The number of rotatable bonds is 4.